The number of nitrogens with one attached hydrogen (secondary N) is 1. The van der Waals surface area contributed by atoms with Crippen molar-refractivity contribution in [1.29, 1.82) is 0 Å². The number of carboxylic acid groups (broad SMARTS) is 1. The van der Waals surface area contributed by atoms with Crippen LogP contribution < -0.4 is 5.32 Å². The summed E-state index contributed by atoms with van der Waals surface area (Å²) < 4.78 is 0. The number of carboxylic acids is 1. The minimum absolute atomic E-state index is 0.0746. The summed E-state index contributed by atoms with van der Waals surface area (Å²) in [6, 6.07) is 6.87. The van der Waals surface area contributed by atoms with Crippen LogP contribution in [0.2, 0.25) is 0 Å². The topological polar surface area (TPSA) is 128 Å². The summed E-state index contributed by atoms with van der Waals surface area (Å²) in [7, 11) is 0. The Bertz CT molecular complexity index is 1120. The highest BCUT2D eigenvalue weighted by Crippen LogP contribution is 2.65. The van der Waals surface area contributed by atoms with Crippen LogP contribution in [0.15, 0.2) is 47.1 Å². The minimum Gasteiger partial charge on any atom is -0.480 e. The molecule has 0 bridgehead atoms. The Labute approximate surface area is 224 Å². The van der Waals surface area contributed by atoms with Crippen molar-refractivity contribution in [2.24, 2.45) is 33.7 Å². The molecular weight excluding hydrogens is 484 g/mol. The predicted molar refractivity (Wildman–Crippen MR) is 142 cm³/mol. The van der Waals surface area contributed by atoms with Crippen LogP contribution in [0.1, 0.15) is 76.9 Å². The van der Waals surface area contributed by atoms with Crippen LogP contribution in [0.25, 0.3) is 0 Å². The summed E-state index contributed by atoms with van der Waals surface area (Å²) in [6.45, 7) is 4.28. The van der Waals surface area contributed by atoms with Gasteiger partial charge in [-0.15, -0.1) is 0 Å². The maximum absolute atomic E-state index is 12.4. The van der Waals surface area contributed by atoms with E-state index < -0.39 is 30.6 Å². The molecule has 0 spiro atoms. The van der Waals surface area contributed by atoms with E-state index in [4.69, 9.17) is 4.84 Å². The molecule has 0 heterocycles. The molecule has 0 aromatic heterocycles. The molecule has 3 fully saturated rings. The first-order valence-corrected chi connectivity index (χ1v) is 14.0. The van der Waals surface area contributed by atoms with Gasteiger partial charge in [0.2, 0.25) is 0 Å². The highest BCUT2D eigenvalue weighted by molar-refractivity contribution is 5.96. The van der Waals surface area contributed by atoms with Crippen LogP contribution >= 0.6 is 0 Å². The minimum atomic E-state index is -1.49. The number of allylic oxidation sites excluding steroid dienone is 2. The van der Waals surface area contributed by atoms with Crippen LogP contribution in [-0.2, 0) is 14.4 Å². The third kappa shape index (κ3) is 4.77. The second-order valence-corrected chi connectivity index (χ2v) is 12.2. The SMILES string of the molecule is C[C@]12CCC3C(CCC4=C/C(=N/OCC(=O)NC(C(=O)O)C(O)c5ccccc5)CC[C@@]43C)C1CCC2O. The van der Waals surface area contributed by atoms with Gasteiger partial charge in [0.1, 0.15) is 6.10 Å². The first kappa shape index (κ1) is 26.9. The maximum Gasteiger partial charge on any atom is 0.329 e. The van der Waals surface area contributed by atoms with Crippen molar-refractivity contribution in [3.05, 3.63) is 47.5 Å². The molecule has 4 aliphatic carbocycles. The second kappa shape index (κ2) is 10.5. The number of carbonyl (C=O) groups excluding carboxylic acids is 1. The van der Waals surface area contributed by atoms with Gasteiger partial charge in [-0.05, 0) is 91.6 Å². The highest BCUT2D eigenvalue weighted by atomic mass is 16.6. The van der Waals surface area contributed by atoms with E-state index >= 15 is 0 Å². The van der Waals surface area contributed by atoms with Crippen LogP contribution in [0.3, 0.4) is 0 Å². The number of aliphatic carboxylic acids is 1. The number of carbonyl (C=O) groups is 2. The number of oxime groups is 1. The monoisotopic (exact) mass is 524 g/mol. The second-order valence-electron chi connectivity index (χ2n) is 12.2. The van der Waals surface area contributed by atoms with E-state index in [1.54, 1.807) is 30.3 Å². The fraction of sp³-hybridized carbons (Fsp3) is 0.633. The number of aliphatic hydroxyl groups is 2. The Morgan fingerprint density at radius 1 is 1.08 bits per heavy atom. The summed E-state index contributed by atoms with van der Waals surface area (Å²) in [6.07, 6.45) is 8.86. The van der Waals surface area contributed by atoms with Crippen molar-refractivity contribution < 1.29 is 29.7 Å². The van der Waals surface area contributed by atoms with Crippen molar-refractivity contribution in [1.82, 2.24) is 5.32 Å². The number of fused-ring (bicyclic) bond motifs is 5. The van der Waals surface area contributed by atoms with Crippen molar-refractivity contribution in [2.75, 3.05) is 6.61 Å². The summed E-state index contributed by atoms with van der Waals surface area (Å²) in [5, 5.41) is 37.2. The lowest BCUT2D eigenvalue weighted by atomic mass is 9.47. The third-order valence-corrected chi connectivity index (χ3v) is 10.3. The molecule has 5 rings (SSSR count). The molecule has 4 N–H and O–H groups in total. The molecule has 38 heavy (non-hydrogen) atoms. The average molecular weight is 525 g/mol. The molecule has 0 aliphatic heterocycles. The van der Waals surface area contributed by atoms with Gasteiger partial charge in [0, 0.05) is 0 Å². The van der Waals surface area contributed by atoms with Gasteiger partial charge < -0.3 is 25.5 Å². The average Bonchev–Trinajstić information content (AvgIpc) is 3.21. The molecule has 1 aromatic carbocycles. The lowest BCUT2D eigenvalue weighted by Gasteiger charge is -2.57. The molecule has 1 amide bonds. The third-order valence-electron chi connectivity index (χ3n) is 10.3. The summed E-state index contributed by atoms with van der Waals surface area (Å²) in [5.74, 6) is -0.0813. The smallest absolute Gasteiger partial charge is 0.329 e. The molecule has 1 aromatic rings. The Morgan fingerprint density at radius 3 is 2.58 bits per heavy atom. The zero-order valence-corrected chi connectivity index (χ0v) is 22.3. The zero-order chi connectivity index (χ0) is 27.1. The Hall–Kier alpha value is -2.71. The summed E-state index contributed by atoms with van der Waals surface area (Å²) >= 11 is 0. The lowest BCUT2D eigenvalue weighted by molar-refractivity contribution is -0.146. The number of aliphatic hydroxyl groups excluding tert-OH is 2. The Balaban J connectivity index is 1.19. The van der Waals surface area contributed by atoms with Crippen molar-refractivity contribution in [3.63, 3.8) is 0 Å². The van der Waals surface area contributed by atoms with E-state index in [-0.39, 0.29) is 16.9 Å². The molecule has 8 atom stereocenters. The van der Waals surface area contributed by atoms with E-state index in [2.05, 4.69) is 30.4 Å². The van der Waals surface area contributed by atoms with E-state index in [9.17, 15) is 24.9 Å². The van der Waals surface area contributed by atoms with Crippen LogP contribution in [0.5, 0.6) is 0 Å². The number of hydrogen-bond donors (Lipinski definition) is 4. The van der Waals surface area contributed by atoms with Crippen LogP contribution in [-0.4, -0.2) is 51.7 Å². The van der Waals surface area contributed by atoms with Gasteiger partial charge in [-0.25, -0.2) is 4.79 Å². The van der Waals surface area contributed by atoms with Crippen molar-refractivity contribution in [3.8, 4) is 0 Å². The van der Waals surface area contributed by atoms with Crippen molar-refractivity contribution >= 4 is 17.6 Å². The summed E-state index contributed by atoms with van der Waals surface area (Å²) in [4.78, 5) is 29.4. The molecule has 0 saturated heterocycles. The summed E-state index contributed by atoms with van der Waals surface area (Å²) in [5.41, 5.74) is 2.83. The van der Waals surface area contributed by atoms with Crippen LogP contribution in [0.4, 0.5) is 0 Å². The van der Waals surface area contributed by atoms with Gasteiger partial charge in [0.15, 0.2) is 12.6 Å². The van der Waals surface area contributed by atoms with Crippen molar-refractivity contribution in [2.45, 2.75) is 83.5 Å². The first-order chi connectivity index (χ1) is 18.1. The molecule has 8 nitrogen and oxygen atoms in total. The molecule has 4 aliphatic rings. The largest absolute Gasteiger partial charge is 0.480 e. The van der Waals surface area contributed by atoms with Crippen LogP contribution in [0, 0.1) is 28.6 Å². The lowest BCUT2D eigenvalue weighted by Crippen LogP contribution is -2.51. The van der Waals surface area contributed by atoms with Gasteiger partial charge in [-0.2, -0.15) is 0 Å². The van der Waals surface area contributed by atoms with Gasteiger partial charge in [0.25, 0.3) is 5.91 Å². The molecule has 3 saturated carbocycles. The normalized spacial score (nSPS) is 36.7. The number of rotatable bonds is 7. The Kier molecular flexibility index (Phi) is 7.40. The molecular formula is C30H40N2O6. The zero-order valence-electron chi connectivity index (χ0n) is 22.3. The number of nitrogens with zero attached hydrogens (tertiary/aromatic N) is 1. The molecule has 0 radical (unpaired) electrons. The fourth-order valence-corrected chi connectivity index (χ4v) is 8.12. The van der Waals surface area contributed by atoms with E-state index in [1.165, 1.54) is 5.57 Å². The van der Waals surface area contributed by atoms with E-state index in [0.717, 1.165) is 57.1 Å². The molecule has 6 unspecified atom stereocenters. The number of hydrogen-bond acceptors (Lipinski definition) is 6. The van der Waals surface area contributed by atoms with Gasteiger partial charge in [-0.3, -0.25) is 4.79 Å². The number of amides is 1. The predicted octanol–water partition coefficient (Wildman–Crippen LogP) is 3.99. The maximum atomic E-state index is 12.4. The van der Waals surface area contributed by atoms with Gasteiger partial charge in [-0.1, -0.05) is 54.9 Å². The van der Waals surface area contributed by atoms with E-state index in [1.807, 2.05) is 0 Å². The first-order valence-electron chi connectivity index (χ1n) is 14.0. The van der Waals surface area contributed by atoms with Gasteiger partial charge in [0.05, 0.1) is 11.8 Å². The standard InChI is InChI=1S/C30H40N2O6/c1-29-14-12-20(16-19(29)8-9-21-22-10-11-24(33)30(22,2)15-13-23(21)29)32-38-17-25(34)31-26(28(36)37)27(35)18-6-4-3-5-7-18/h3-7,16,21-24,26-27,33,35H,8-15,17H2,1-2H3,(H,31,34)(H,36,37)/b32-20+/t21?,22?,23?,24?,26?,27?,29-,30-/m0/s1. The highest BCUT2D eigenvalue weighted by Gasteiger charge is 2.58. The Morgan fingerprint density at radius 2 is 1.84 bits per heavy atom. The molecule has 8 heteroatoms. The van der Waals surface area contributed by atoms with E-state index in [0.29, 0.717) is 23.3 Å². The molecule has 206 valence electrons. The fourth-order valence-electron chi connectivity index (χ4n) is 8.12. The number of benzene rings is 1. The quantitative estimate of drug-likeness (QED) is 0.400. The van der Waals surface area contributed by atoms with Gasteiger partial charge >= 0.3 is 5.97 Å².